The van der Waals surface area contributed by atoms with Crippen LogP contribution in [0.25, 0.3) is 12.2 Å². The second kappa shape index (κ2) is 8.82. The van der Waals surface area contributed by atoms with Crippen molar-refractivity contribution in [2.45, 2.75) is 6.92 Å². The lowest BCUT2D eigenvalue weighted by Gasteiger charge is -2.12. The zero-order valence-corrected chi connectivity index (χ0v) is 19.3. The maximum absolute atomic E-state index is 13.2. The Hall–Kier alpha value is -4.46. The summed E-state index contributed by atoms with van der Waals surface area (Å²) in [5.74, 6) is -1.43. The molecule has 0 bridgehead atoms. The summed E-state index contributed by atoms with van der Waals surface area (Å²) in [4.78, 5) is 39.3. The molecule has 0 unspecified atom stereocenters. The monoisotopic (exact) mass is 456 g/mol. The van der Waals surface area contributed by atoms with Crippen LogP contribution >= 0.6 is 0 Å². The van der Waals surface area contributed by atoms with Crippen LogP contribution in [0.1, 0.15) is 31.8 Å². The highest BCUT2D eigenvalue weighted by Gasteiger charge is 2.29. The molecule has 1 N–H and O–H groups in total. The van der Waals surface area contributed by atoms with E-state index in [1.54, 1.807) is 26.1 Å². The third-order valence-electron chi connectivity index (χ3n) is 5.78. The predicted octanol–water partition coefficient (Wildman–Crippen LogP) is 2.15. The number of allylic oxidation sites excluding steroid dienone is 1. The molecule has 4 rings (SSSR count). The van der Waals surface area contributed by atoms with E-state index < -0.39 is 5.97 Å². The normalized spacial score (nSPS) is 13.4. The fraction of sp³-hybridized carbons (Fsp3) is 0.154. The molecule has 2 aromatic carbocycles. The quantitative estimate of drug-likeness (QED) is 0.635. The van der Waals surface area contributed by atoms with E-state index in [2.05, 4.69) is 5.10 Å². The number of hydrogen-bond donors (Lipinski definition) is 1. The third-order valence-corrected chi connectivity index (χ3v) is 5.78. The molecule has 172 valence electrons. The third kappa shape index (κ3) is 4.01. The van der Waals surface area contributed by atoms with Crippen LogP contribution in [0.15, 0.2) is 64.5 Å². The van der Waals surface area contributed by atoms with E-state index in [1.165, 1.54) is 33.8 Å². The molecule has 8 nitrogen and oxygen atoms in total. The van der Waals surface area contributed by atoms with Crippen molar-refractivity contribution in [1.82, 2.24) is 4.57 Å². The van der Waals surface area contributed by atoms with Gasteiger partial charge in [0.25, 0.3) is 11.5 Å². The van der Waals surface area contributed by atoms with Crippen molar-refractivity contribution in [2.75, 3.05) is 24.0 Å². The number of hydrogen-bond acceptors (Lipinski definition) is 5. The molecular weight excluding hydrogens is 432 g/mol. The largest absolute Gasteiger partial charge is 0.478 e. The zero-order valence-electron chi connectivity index (χ0n) is 19.3. The number of benzene rings is 2. The molecule has 1 amide bonds. The molecule has 0 saturated heterocycles. The highest BCUT2D eigenvalue weighted by atomic mass is 16.4. The van der Waals surface area contributed by atoms with Gasteiger partial charge in [0.2, 0.25) is 0 Å². The van der Waals surface area contributed by atoms with Crippen molar-refractivity contribution in [1.29, 1.82) is 0 Å². The molecule has 0 spiro atoms. The Morgan fingerprint density at radius 1 is 1.03 bits per heavy atom. The topological polar surface area (TPSA) is 95.2 Å². The Bertz CT molecular complexity index is 1500. The summed E-state index contributed by atoms with van der Waals surface area (Å²) in [6, 6.07) is 13.8. The second-order valence-corrected chi connectivity index (χ2v) is 8.18. The Kier molecular flexibility index (Phi) is 5.89. The minimum atomic E-state index is -1.06. The maximum atomic E-state index is 13.2. The molecule has 0 radical (unpaired) electrons. The minimum Gasteiger partial charge on any atom is -0.478 e. The smallest absolute Gasteiger partial charge is 0.335 e. The first-order valence-corrected chi connectivity index (χ1v) is 10.6. The molecule has 8 heteroatoms. The number of anilines is 2. The molecule has 1 aromatic heterocycles. The molecule has 2 heterocycles. The summed E-state index contributed by atoms with van der Waals surface area (Å²) in [6.45, 7) is 1.73. The number of carbonyl (C=O) groups excluding carboxylic acids is 1. The summed E-state index contributed by atoms with van der Waals surface area (Å²) in [5.41, 5.74) is 3.51. The summed E-state index contributed by atoms with van der Waals surface area (Å²) in [5, 5.41) is 15.0. The number of carboxylic acids is 1. The van der Waals surface area contributed by atoms with E-state index in [0.717, 1.165) is 11.3 Å². The highest BCUT2D eigenvalue weighted by Crippen LogP contribution is 2.21. The van der Waals surface area contributed by atoms with Gasteiger partial charge in [-0.25, -0.2) is 4.79 Å². The number of carboxylic acid groups (broad SMARTS) is 1. The lowest BCUT2D eigenvalue weighted by Crippen LogP contribution is -2.44. The molecule has 1 aliphatic heterocycles. The maximum Gasteiger partial charge on any atom is 0.335 e. The fourth-order valence-corrected chi connectivity index (χ4v) is 3.78. The number of rotatable bonds is 5. The van der Waals surface area contributed by atoms with Crippen molar-refractivity contribution in [2.24, 2.45) is 12.1 Å². The van der Waals surface area contributed by atoms with Crippen LogP contribution in [0.3, 0.4) is 0 Å². The van der Waals surface area contributed by atoms with E-state index >= 15 is 0 Å². The van der Waals surface area contributed by atoms with Crippen molar-refractivity contribution >= 4 is 35.4 Å². The van der Waals surface area contributed by atoms with Gasteiger partial charge in [-0.1, -0.05) is 24.3 Å². The minimum absolute atomic E-state index is 0.108. The summed E-state index contributed by atoms with van der Waals surface area (Å²) < 4.78 is 1.36. The second-order valence-electron chi connectivity index (χ2n) is 8.18. The Morgan fingerprint density at radius 3 is 2.26 bits per heavy atom. The first kappa shape index (κ1) is 22.7. The predicted molar refractivity (Wildman–Crippen MR) is 132 cm³/mol. The number of aromatic carboxylic acids is 1. The van der Waals surface area contributed by atoms with Crippen LogP contribution in [0.2, 0.25) is 0 Å². The van der Waals surface area contributed by atoms with Gasteiger partial charge in [-0.05, 0) is 60.5 Å². The number of amides is 1. The lowest BCUT2D eigenvalue weighted by molar-refractivity contribution is 0.0696. The van der Waals surface area contributed by atoms with Crippen LogP contribution in [-0.4, -0.2) is 35.6 Å². The van der Waals surface area contributed by atoms with Crippen molar-refractivity contribution in [3.05, 3.63) is 97.9 Å². The Balaban J connectivity index is 1.71. The van der Waals surface area contributed by atoms with E-state index in [9.17, 15) is 14.4 Å². The SMILES string of the molecule is Cc1c2c(n(C)c(=O)/c1=C\C=Cc1ccc(N(C)C)cc1)=NN(c1ccc(C(=O)O)cc1)C2=O. The van der Waals surface area contributed by atoms with E-state index in [1.807, 2.05) is 49.3 Å². The average molecular weight is 457 g/mol. The Morgan fingerprint density at radius 2 is 1.68 bits per heavy atom. The number of carbonyl (C=O) groups is 2. The van der Waals surface area contributed by atoms with Gasteiger partial charge in [0, 0.05) is 32.0 Å². The summed E-state index contributed by atoms with van der Waals surface area (Å²) >= 11 is 0. The van der Waals surface area contributed by atoms with Crippen LogP contribution < -0.4 is 26.2 Å². The van der Waals surface area contributed by atoms with Crippen molar-refractivity contribution in [3.8, 4) is 0 Å². The standard InChI is InChI=1S/C26H24N4O4/c1-16-21(7-5-6-17-8-12-19(13-9-17)28(2)3)24(31)29(4)23-22(16)25(32)30(27-23)20-14-10-18(11-15-20)26(33)34/h5-15H,1-4H3,(H,33,34)/b6-5?,21-7-. The molecule has 0 saturated carbocycles. The van der Waals surface area contributed by atoms with Gasteiger partial charge >= 0.3 is 5.97 Å². The molecule has 3 aromatic rings. The number of pyridine rings is 1. The van der Waals surface area contributed by atoms with Crippen molar-refractivity contribution < 1.29 is 14.7 Å². The molecule has 34 heavy (non-hydrogen) atoms. The Labute approximate surface area is 196 Å². The molecule has 0 aliphatic carbocycles. The van der Waals surface area contributed by atoms with Crippen LogP contribution in [-0.2, 0) is 7.05 Å². The van der Waals surface area contributed by atoms with Gasteiger partial charge in [0.15, 0.2) is 5.49 Å². The summed E-state index contributed by atoms with van der Waals surface area (Å²) in [6.07, 6.45) is 5.39. The number of fused-ring (bicyclic) bond motifs is 1. The van der Waals surface area contributed by atoms with Gasteiger partial charge in [-0.2, -0.15) is 5.01 Å². The summed E-state index contributed by atoms with van der Waals surface area (Å²) in [7, 11) is 5.53. The first-order chi connectivity index (χ1) is 16.2. The van der Waals surface area contributed by atoms with Gasteiger partial charge in [0.1, 0.15) is 0 Å². The molecule has 1 aliphatic rings. The lowest BCUT2D eigenvalue weighted by atomic mass is 10.1. The number of aromatic nitrogens is 1. The zero-order chi connectivity index (χ0) is 24.6. The molecule has 0 fully saturated rings. The number of nitrogens with zero attached hydrogens (tertiary/aromatic N) is 4. The fourth-order valence-electron chi connectivity index (χ4n) is 3.78. The van der Waals surface area contributed by atoms with Crippen molar-refractivity contribution in [3.63, 3.8) is 0 Å². The van der Waals surface area contributed by atoms with Gasteiger partial charge in [-0.15, -0.1) is 5.10 Å². The van der Waals surface area contributed by atoms with Crippen LogP contribution in [0, 0.1) is 6.92 Å². The van der Waals surface area contributed by atoms with E-state index in [4.69, 9.17) is 5.11 Å². The van der Waals surface area contributed by atoms with Crippen LogP contribution in [0.5, 0.6) is 0 Å². The van der Waals surface area contributed by atoms with Gasteiger partial charge in [-0.3, -0.25) is 14.2 Å². The van der Waals surface area contributed by atoms with E-state index in [0.29, 0.717) is 22.0 Å². The van der Waals surface area contributed by atoms with Gasteiger partial charge < -0.3 is 10.0 Å². The average Bonchev–Trinajstić information content (AvgIpc) is 3.17. The van der Waals surface area contributed by atoms with E-state index in [-0.39, 0.29) is 22.5 Å². The van der Waals surface area contributed by atoms with Gasteiger partial charge in [0.05, 0.1) is 16.8 Å². The highest BCUT2D eigenvalue weighted by molar-refractivity contribution is 6.08. The molecule has 0 atom stereocenters. The van der Waals surface area contributed by atoms with Crippen LogP contribution in [0.4, 0.5) is 11.4 Å². The molecular formula is C26H24N4O4. The first-order valence-electron chi connectivity index (χ1n) is 10.6.